The SMILES string of the molecule is Cn1ccc(-c2ccc3c(Oc4ccc(C5CC5(C(N)=O)C(N)=O)cc4)ccnc3c2)n1. The van der Waals surface area contributed by atoms with E-state index < -0.39 is 17.2 Å². The maximum atomic E-state index is 11.7. The molecule has 0 spiro atoms. The molecule has 4 aromatic rings. The highest BCUT2D eigenvalue weighted by atomic mass is 16.5. The van der Waals surface area contributed by atoms with Crippen molar-refractivity contribution in [3.05, 3.63) is 72.6 Å². The number of fused-ring (bicyclic) bond motifs is 1. The van der Waals surface area contributed by atoms with Crippen molar-refractivity contribution in [1.29, 1.82) is 0 Å². The van der Waals surface area contributed by atoms with Gasteiger partial charge in [0.25, 0.3) is 0 Å². The van der Waals surface area contributed by atoms with Gasteiger partial charge >= 0.3 is 0 Å². The standard InChI is InChI=1S/C24H21N5O3/c1-29-11-9-19(28-29)15-4-7-17-20(12-15)27-10-8-21(17)32-16-5-2-14(3-6-16)18-13-24(18,22(25)30)23(26)31/h2-12,18H,13H2,1H3,(H2,25,30)(H2,26,31). The number of primary amides is 2. The summed E-state index contributed by atoms with van der Waals surface area (Å²) in [5, 5.41) is 5.31. The number of hydrogen-bond donors (Lipinski definition) is 2. The fourth-order valence-corrected chi connectivity index (χ4v) is 4.17. The largest absolute Gasteiger partial charge is 0.457 e. The molecule has 1 saturated carbocycles. The van der Waals surface area contributed by atoms with Crippen LogP contribution in [-0.2, 0) is 16.6 Å². The molecule has 5 rings (SSSR count). The highest BCUT2D eigenvalue weighted by molar-refractivity contribution is 6.08. The first kappa shape index (κ1) is 19.7. The molecule has 0 aliphatic heterocycles. The Morgan fingerprint density at radius 3 is 2.44 bits per heavy atom. The third kappa shape index (κ3) is 3.17. The highest BCUT2D eigenvalue weighted by Gasteiger charge is 2.64. The Hall–Kier alpha value is -4.20. The Kier molecular flexibility index (Phi) is 4.44. The second kappa shape index (κ2) is 7.19. The predicted octanol–water partition coefficient (Wildman–Crippen LogP) is 2.87. The Bertz CT molecular complexity index is 1350. The van der Waals surface area contributed by atoms with Gasteiger partial charge in [0, 0.05) is 36.3 Å². The maximum absolute atomic E-state index is 11.7. The van der Waals surface area contributed by atoms with Crippen molar-refractivity contribution in [2.45, 2.75) is 12.3 Å². The molecule has 2 aromatic carbocycles. The Labute approximate surface area is 183 Å². The van der Waals surface area contributed by atoms with Crippen LogP contribution >= 0.6 is 0 Å². The molecule has 1 aliphatic rings. The molecule has 1 atom stereocenters. The smallest absolute Gasteiger partial charge is 0.233 e. The van der Waals surface area contributed by atoms with Gasteiger partial charge < -0.3 is 16.2 Å². The first-order chi connectivity index (χ1) is 15.4. The number of benzene rings is 2. The number of ether oxygens (including phenoxy) is 1. The van der Waals surface area contributed by atoms with Crippen LogP contribution in [0.15, 0.2) is 67.0 Å². The molecule has 1 fully saturated rings. The van der Waals surface area contributed by atoms with Gasteiger partial charge in [-0.3, -0.25) is 19.3 Å². The second-order valence-electron chi connectivity index (χ2n) is 8.04. The number of amides is 2. The number of nitrogens with zero attached hydrogens (tertiary/aromatic N) is 3. The van der Waals surface area contributed by atoms with Crippen molar-refractivity contribution in [3.8, 4) is 22.8 Å². The van der Waals surface area contributed by atoms with Crippen molar-refractivity contribution < 1.29 is 14.3 Å². The van der Waals surface area contributed by atoms with Crippen LogP contribution in [0.3, 0.4) is 0 Å². The lowest BCUT2D eigenvalue weighted by Crippen LogP contribution is -2.38. The van der Waals surface area contributed by atoms with Crippen LogP contribution in [0.1, 0.15) is 17.9 Å². The Morgan fingerprint density at radius 2 is 1.81 bits per heavy atom. The van der Waals surface area contributed by atoms with Crippen LogP contribution in [0, 0.1) is 5.41 Å². The van der Waals surface area contributed by atoms with E-state index in [1.807, 2.05) is 55.7 Å². The molecule has 2 amide bonds. The van der Waals surface area contributed by atoms with Gasteiger partial charge in [-0.15, -0.1) is 0 Å². The molecule has 8 nitrogen and oxygen atoms in total. The van der Waals surface area contributed by atoms with Crippen molar-refractivity contribution in [3.63, 3.8) is 0 Å². The summed E-state index contributed by atoms with van der Waals surface area (Å²) in [6, 6.07) is 17.0. The van der Waals surface area contributed by atoms with E-state index in [0.29, 0.717) is 17.9 Å². The number of carbonyl (C=O) groups is 2. The van der Waals surface area contributed by atoms with Crippen molar-refractivity contribution in [2.75, 3.05) is 0 Å². The molecule has 4 N–H and O–H groups in total. The summed E-state index contributed by atoms with van der Waals surface area (Å²) in [5.41, 5.74) is 13.0. The van der Waals surface area contributed by atoms with Crippen LogP contribution in [0.2, 0.25) is 0 Å². The number of aromatic nitrogens is 3. The van der Waals surface area contributed by atoms with Gasteiger partial charge in [-0.05, 0) is 48.4 Å². The first-order valence-corrected chi connectivity index (χ1v) is 10.1. The molecule has 32 heavy (non-hydrogen) atoms. The Balaban J connectivity index is 1.39. The van der Waals surface area contributed by atoms with Gasteiger partial charge in [0.1, 0.15) is 16.9 Å². The fourth-order valence-electron chi connectivity index (χ4n) is 4.17. The van der Waals surface area contributed by atoms with Gasteiger partial charge in [0.2, 0.25) is 11.8 Å². The molecule has 1 aliphatic carbocycles. The summed E-state index contributed by atoms with van der Waals surface area (Å²) < 4.78 is 7.86. The zero-order valence-corrected chi connectivity index (χ0v) is 17.4. The average molecular weight is 427 g/mol. The Morgan fingerprint density at radius 1 is 1.06 bits per heavy atom. The molecule has 160 valence electrons. The van der Waals surface area contributed by atoms with E-state index in [-0.39, 0.29) is 5.92 Å². The number of aryl methyl sites for hydroxylation is 1. The normalized spacial score (nSPS) is 16.6. The molecule has 1 unspecified atom stereocenters. The van der Waals surface area contributed by atoms with E-state index in [1.165, 1.54) is 0 Å². The van der Waals surface area contributed by atoms with E-state index in [1.54, 1.807) is 23.0 Å². The van der Waals surface area contributed by atoms with Crippen LogP contribution in [0.5, 0.6) is 11.5 Å². The minimum absolute atomic E-state index is 0.293. The lowest BCUT2D eigenvalue weighted by molar-refractivity contribution is -0.133. The molecule has 0 bridgehead atoms. The molecular weight excluding hydrogens is 406 g/mol. The summed E-state index contributed by atoms with van der Waals surface area (Å²) in [6.07, 6.45) is 3.94. The lowest BCUT2D eigenvalue weighted by Gasteiger charge is -2.11. The zero-order valence-electron chi connectivity index (χ0n) is 17.4. The lowest BCUT2D eigenvalue weighted by atomic mass is 9.97. The molecule has 0 saturated heterocycles. The molecule has 2 aromatic heterocycles. The zero-order chi connectivity index (χ0) is 22.5. The van der Waals surface area contributed by atoms with Gasteiger partial charge in [0.15, 0.2) is 0 Å². The minimum Gasteiger partial charge on any atom is -0.457 e. The molecule has 2 heterocycles. The van der Waals surface area contributed by atoms with Crippen molar-refractivity contribution in [2.24, 2.45) is 23.9 Å². The third-order valence-electron chi connectivity index (χ3n) is 6.06. The second-order valence-corrected chi connectivity index (χ2v) is 8.04. The number of hydrogen-bond acceptors (Lipinski definition) is 5. The highest BCUT2D eigenvalue weighted by Crippen LogP contribution is 2.59. The van der Waals surface area contributed by atoms with Gasteiger partial charge in [-0.25, -0.2) is 0 Å². The van der Waals surface area contributed by atoms with Gasteiger partial charge in [-0.2, -0.15) is 5.10 Å². The van der Waals surface area contributed by atoms with E-state index in [4.69, 9.17) is 16.2 Å². The van der Waals surface area contributed by atoms with Crippen LogP contribution in [-0.4, -0.2) is 26.6 Å². The average Bonchev–Trinajstić information content (AvgIpc) is 3.42. The minimum atomic E-state index is -1.28. The first-order valence-electron chi connectivity index (χ1n) is 10.1. The quantitative estimate of drug-likeness (QED) is 0.458. The number of nitrogens with two attached hydrogens (primary N) is 2. The van der Waals surface area contributed by atoms with Crippen molar-refractivity contribution >= 4 is 22.7 Å². The summed E-state index contributed by atoms with van der Waals surface area (Å²) >= 11 is 0. The van der Waals surface area contributed by atoms with E-state index in [0.717, 1.165) is 27.7 Å². The number of rotatable bonds is 6. The molecule has 0 radical (unpaired) electrons. The van der Waals surface area contributed by atoms with Crippen molar-refractivity contribution in [1.82, 2.24) is 14.8 Å². The van der Waals surface area contributed by atoms with E-state index in [2.05, 4.69) is 10.1 Å². The predicted molar refractivity (Wildman–Crippen MR) is 119 cm³/mol. The van der Waals surface area contributed by atoms with Gasteiger partial charge in [-0.1, -0.05) is 18.2 Å². The fraction of sp³-hybridized carbons (Fsp3) is 0.167. The summed E-state index contributed by atoms with van der Waals surface area (Å²) in [6.45, 7) is 0. The van der Waals surface area contributed by atoms with Crippen LogP contribution < -0.4 is 16.2 Å². The monoisotopic (exact) mass is 427 g/mol. The van der Waals surface area contributed by atoms with Crippen LogP contribution in [0.25, 0.3) is 22.2 Å². The number of pyridine rings is 1. The topological polar surface area (TPSA) is 126 Å². The maximum Gasteiger partial charge on any atom is 0.233 e. The summed E-state index contributed by atoms with van der Waals surface area (Å²) in [7, 11) is 1.88. The summed E-state index contributed by atoms with van der Waals surface area (Å²) in [4.78, 5) is 28.0. The van der Waals surface area contributed by atoms with Crippen LogP contribution in [0.4, 0.5) is 0 Å². The van der Waals surface area contributed by atoms with E-state index >= 15 is 0 Å². The van der Waals surface area contributed by atoms with E-state index in [9.17, 15) is 9.59 Å². The molecule has 8 heteroatoms. The molecular formula is C24H21N5O3. The third-order valence-corrected chi connectivity index (χ3v) is 6.06. The number of carbonyl (C=O) groups excluding carboxylic acids is 2. The summed E-state index contributed by atoms with van der Waals surface area (Å²) in [5.74, 6) is -0.351. The van der Waals surface area contributed by atoms with Gasteiger partial charge in [0.05, 0.1) is 11.2 Å².